The van der Waals surface area contributed by atoms with E-state index in [4.69, 9.17) is 4.74 Å². The van der Waals surface area contributed by atoms with Crippen LogP contribution in [0, 0.1) is 5.82 Å². The summed E-state index contributed by atoms with van der Waals surface area (Å²) >= 11 is 0. The molecule has 2 amide bonds. The van der Waals surface area contributed by atoms with Gasteiger partial charge in [-0.3, -0.25) is 14.5 Å². The summed E-state index contributed by atoms with van der Waals surface area (Å²) in [4.78, 5) is 28.4. The largest absolute Gasteiger partial charge is 0.484 e. The SMILES string of the molecule is O=C(COc1ccccc1)NCC(=O)N1CCCN(Cc2ccc(F)cc2)CC1. The lowest BCUT2D eigenvalue weighted by Crippen LogP contribution is -2.43. The van der Waals surface area contributed by atoms with Crippen molar-refractivity contribution in [2.24, 2.45) is 0 Å². The van der Waals surface area contributed by atoms with Crippen molar-refractivity contribution in [3.8, 4) is 5.75 Å². The number of rotatable bonds is 7. The van der Waals surface area contributed by atoms with Crippen molar-refractivity contribution in [2.75, 3.05) is 39.3 Å². The van der Waals surface area contributed by atoms with Gasteiger partial charge in [0.1, 0.15) is 11.6 Å². The number of ether oxygens (including phenoxy) is 1. The number of nitrogens with one attached hydrogen (secondary N) is 1. The molecule has 0 unspecified atom stereocenters. The van der Waals surface area contributed by atoms with Gasteiger partial charge in [0, 0.05) is 32.7 Å². The van der Waals surface area contributed by atoms with Gasteiger partial charge in [0.25, 0.3) is 5.91 Å². The third kappa shape index (κ3) is 6.87. The first-order valence-corrected chi connectivity index (χ1v) is 9.79. The van der Waals surface area contributed by atoms with Crippen LogP contribution in [0.4, 0.5) is 4.39 Å². The molecule has 3 rings (SSSR count). The van der Waals surface area contributed by atoms with Crippen LogP contribution in [0.1, 0.15) is 12.0 Å². The van der Waals surface area contributed by atoms with Crippen molar-refractivity contribution in [1.82, 2.24) is 15.1 Å². The molecular formula is C22H26FN3O3. The van der Waals surface area contributed by atoms with E-state index in [0.717, 1.165) is 31.6 Å². The van der Waals surface area contributed by atoms with Crippen LogP contribution in [0.3, 0.4) is 0 Å². The van der Waals surface area contributed by atoms with Gasteiger partial charge < -0.3 is 15.0 Å². The zero-order chi connectivity index (χ0) is 20.5. The van der Waals surface area contributed by atoms with E-state index in [9.17, 15) is 14.0 Å². The molecule has 0 atom stereocenters. The summed E-state index contributed by atoms with van der Waals surface area (Å²) in [5, 5.41) is 2.62. The van der Waals surface area contributed by atoms with Crippen LogP contribution in [0.15, 0.2) is 54.6 Å². The van der Waals surface area contributed by atoms with Crippen LogP contribution in [0.25, 0.3) is 0 Å². The number of para-hydroxylation sites is 1. The van der Waals surface area contributed by atoms with Gasteiger partial charge >= 0.3 is 0 Å². The Balaban J connectivity index is 1.38. The highest BCUT2D eigenvalue weighted by Gasteiger charge is 2.19. The normalized spacial score (nSPS) is 14.9. The molecule has 2 aromatic carbocycles. The highest BCUT2D eigenvalue weighted by Crippen LogP contribution is 2.10. The van der Waals surface area contributed by atoms with Crippen LogP contribution in [0.5, 0.6) is 5.75 Å². The maximum atomic E-state index is 13.0. The minimum atomic E-state index is -0.324. The Morgan fingerprint density at radius 1 is 0.966 bits per heavy atom. The first-order valence-electron chi connectivity index (χ1n) is 9.79. The fraction of sp³-hybridized carbons (Fsp3) is 0.364. The molecule has 29 heavy (non-hydrogen) atoms. The number of carbonyl (C=O) groups excluding carboxylic acids is 2. The van der Waals surface area contributed by atoms with Crippen molar-refractivity contribution < 1.29 is 18.7 Å². The molecule has 1 aliphatic rings. The van der Waals surface area contributed by atoms with Gasteiger partial charge in [-0.15, -0.1) is 0 Å². The van der Waals surface area contributed by atoms with E-state index in [1.54, 1.807) is 29.2 Å². The Morgan fingerprint density at radius 3 is 2.48 bits per heavy atom. The number of hydrogen-bond donors (Lipinski definition) is 1. The average molecular weight is 399 g/mol. The van der Waals surface area contributed by atoms with Crippen LogP contribution in [-0.2, 0) is 16.1 Å². The summed E-state index contributed by atoms with van der Waals surface area (Å²) < 4.78 is 18.4. The lowest BCUT2D eigenvalue weighted by molar-refractivity contribution is -0.133. The monoisotopic (exact) mass is 399 g/mol. The molecule has 0 saturated carbocycles. The van der Waals surface area contributed by atoms with Crippen LogP contribution in [0.2, 0.25) is 0 Å². The first kappa shape index (κ1) is 20.8. The quantitative estimate of drug-likeness (QED) is 0.774. The number of benzene rings is 2. The van der Waals surface area contributed by atoms with Crippen LogP contribution >= 0.6 is 0 Å². The molecule has 154 valence electrons. The van der Waals surface area contributed by atoms with Gasteiger partial charge in [-0.25, -0.2) is 4.39 Å². The summed E-state index contributed by atoms with van der Waals surface area (Å²) in [7, 11) is 0. The molecule has 0 radical (unpaired) electrons. The maximum absolute atomic E-state index is 13.0. The second-order valence-corrected chi connectivity index (χ2v) is 7.02. The van der Waals surface area contributed by atoms with Crippen LogP contribution in [-0.4, -0.2) is 60.9 Å². The minimum absolute atomic E-state index is 0.0328. The van der Waals surface area contributed by atoms with Gasteiger partial charge in [-0.05, 0) is 36.2 Å². The number of hydrogen-bond acceptors (Lipinski definition) is 4. The summed E-state index contributed by atoms with van der Waals surface area (Å²) in [6.45, 7) is 3.46. The van der Waals surface area contributed by atoms with E-state index < -0.39 is 0 Å². The van der Waals surface area contributed by atoms with Gasteiger partial charge in [0.05, 0.1) is 6.54 Å². The zero-order valence-corrected chi connectivity index (χ0v) is 16.4. The molecule has 1 N–H and O–H groups in total. The standard InChI is InChI=1S/C22H26FN3O3/c23-19-9-7-18(8-10-19)16-25-11-4-12-26(14-13-25)22(28)15-24-21(27)17-29-20-5-2-1-3-6-20/h1-3,5-10H,4,11-17H2,(H,24,27). The molecule has 7 heteroatoms. The number of halogens is 1. The average Bonchev–Trinajstić information content (AvgIpc) is 2.98. The summed E-state index contributed by atoms with van der Waals surface area (Å²) in [5.41, 5.74) is 1.05. The van der Waals surface area contributed by atoms with Gasteiger partial charge in [0.2, 0.25) is 5.91 Å². The van der Waals surface area contributed by atoms with Crippen molar-refractivity contribution in [3.63, 3.8) is 0 Å². The van der Waals surface area contributed by atoms with E-state index in [1.165, 1.54) is 12.1 Å². The van der Waals surface area contributed by atoms with Crippen molar-refractivity contribution in [1.29, 1.82) is 0 Å². The second kappa shape index (κ2) is 10.6. The molecule has 1 heterocycles. The Hall–Kier alpha value is -2.93. The molecular weight excluding hydrogens is 373 g/mol. The summed E-state index contributed by atoms with van der Waals surface area (Å²) in [6, 6.07) is 15.6. The van der Waals surface area contributed by atoms with E-state index >= 15 is 0 Å². The summed E-state index contributed by atoms with van der Waals surface area (Å²) in [6.07, 6.45) is 0.859. The molecule has 1 aliphatic heterocycles. The predicted octanol–water partition coefficient (Wildman–Crippen LogP) is 2.06. The molecule has 1 saturated heterocycles. The molecule has 0 spiro atoms. The molecule has 2 aromatic rings. The van der Waals surface area contributed by atoms with Crippen LogP contribution < -0.4 is 10.1 Å². The fourth-order valence-corrected chi connectivity index (χ4v) is 3.23. The highest BCUT2D eigenvalue weighted by atomic mass is 19.1. The van der Waals surface area contributed by atoms with Crippen molar-refractivity contribution >= 4 is 11.8 Å². The van der Waals surface area contributed by atoms with Crippen molar-refractivity contribution in [3.05, 3.63) is 66.0 Å². The second-order valence-electron chi connectivity index (χ2n) is 7.02. The van der Waals surface area contributed by atoms with E-state index in [-0.39, 0.29) is 30.8 Å². The Morgan fingerprint density at radius 2 is 1.72 bits per heavy atom. The Kier molecular flexibility index (Phi) is 7.58. The molecule has 0 aliphatic carbocycles. The molecule has 0 aromatic heterocycles. The Labute approximate surface area is 170 Å². The minimum Gasteiger partial charge on any atom is -0.484 e. The first-order chi connectivity index (χ1) is 14.1. The third-order valence-electron chi connectivity index (χ3n) is 4.81. The predicted molar refractivity (Wildman–Crippen MR) is 108 cm³/mol. The number of amides is 2. The summed E-state index contributed by atoms with van der Waals surface area (Å²) in [5.74, 6) is -0.0444. The number of nitrogens with zero attached hydrogens (tertiary/aromatic N) is 2. The van der Waals surface area contributed by atoms with E-state index in [1.807, 2.05) is 18.2 Å². The molecule has 0 bridgehead atoms. The van der Waals surface area contributed by atoms with E-state index in [0.29, 0.717) is 18.8 Å². The third-order valence-corrected chi connectivity index (χ3v) is 4.81. The van der Waals surface area contributed by atoms with Gasteiger partial charge in [-0.1, -0.05) is 30.3 Å². The highest BCUT2D eigenvalue weighted by molar-refractivity contribution is 5.85. The lowest BCUT2D eigenvalue weighted by Gasteiger charge is -2.22. The van der Waals surface area contributed by atoms with Crippen molar-refractivity contribution in [2.45, 2.75) is 13.0 Å². The fourth-order valence-electron chi connectivity index (χ4n) is 3.23. The molecule has 6 nitrogen and oxygen atoms in total. The Bertz CT molecular complexity index is 799. The molecule has 1 fully saturated rings. The zero-order valence-electron chi connectivity index (χ0n) is 16.4. The maximum Gasteiger partial charge on any atom is 0.258 e. The van der Waals surface area contributed by atoms with Gasteiger partial charge in [0.15, 0.2) is 6.61 Å². The number of carbonyl (C=O) groups is 2. The topological polar surface area (TPSA) is 61.9 Å². The van der Waals surface area contributed by atoms with E-state index in [2.05, 4.69) is 10.2 Å². The van der Waals surface area contributed by atoms with Gasteiger partial charge in [-0.2, -0.15) is 0 Å². The lowest BCUT2D eigenvalue weighted by atomic mass is 10.2. The smallest absolute Gasteiger partial charge is 0.258 e.